The van der Waals surface area contributed by atoms with E-state index in [1.165, 1.54) is 5.56 Å². The Labute approximate surface area is 207 Å². The highest BCUT2D eigenvalue weighted by atomic mass is 127. The largest absolute Gasteiger partial charge is 0.493 e. The van der Waals surface area contributed by atoms with Crippen molar-refractivity contribution >= 4 is 35.6 Å². The Hall–Kier alpha value is -2.75. The lowest BCUT2D eigenvalue weighted by molar-refractivity contribution is 0.311. The van der Waals surface area contributed by atoms with Crippen molar-refractivity contribution in [1.29, 1.82) is 0 Å². The predicted octanol–water partition coefficient (Wildman–Crippen LogP) is 4.58. The van der Waals surface area contributed by atoms with Crippen molar-refractivity contribution in [2.75, 3.05) is 32.1 Å². The number of nitrogens with one attached hydrogen (secondary N) is 2. The number of guanidine groups is 1. The Morgan fingerprint density at radius 2 is 1.91 bits per heavy atom. The minimum absolute atomic E-state index is 0. The van der Waals surface area contributed by atoms with Gasteiger partial charge < -0.3 is 24.7 Å². The zero-order valence-corrected chi connectivity index (χ0v) is 21.2. The third-order valence-electron chi connectivity index (χ3n) is 4.67. The lowest BCUT2D eigenvalue weighted by atomic mass is 10.2. The van der Waals surface area contributed by atoms with Gasteiger partial charge in [0.25, 0.3) is 0 Å². The molecule has 2 aromatic carbocycles. The standard InChI is InChI=1S/C24H31N5O2.HI/c1-4-25-24(28-20-11-12-21(30-3)22(17-20)31-5-2)27-14-13-23-26-15-16-29(23)18-19-9-7-6-8-10-19;/h6-12,15-17H,4-5,13-14,18H2,1-3H3,(H2,25,27,28);1H. The average Bonchev–Trinajstić information content (AvgIpc) is 3.22. The van der Waals surface area contributed by atoms with Crippen LogP contribution in [-0.2, 0) is 13.0 Å². The summed E-state index contributed by atoms with van der Waals surface area (Å²) in [5, 5.41) is 6.63. The first kappa shape index (κ1) is 25.5. The van der Waals surface area contributed by atoms with Gasteiger partial charge in [-0.25, -0.2) is 4.98 Å². The highest BCUT2D eigenvalue weighted by Gasteiger charge is 2.08. The molecule has 0 radical (unpaired) electrons. The molecule has 0 spiro atoms. The van der Waals surface area contributed by atoms with Crippen LogP contribution in [0.3, 0.4) is 0 Å². The second kappa shape index (κ2) is 13.6. The van der Waals surface area contributed by atoms with E-state index in [2.05, 4.69) is 44.5 Å². The smallest absolute Gasteiger partial charge is 0.195 e. The zero-order chi connectivity index (χ0) is 21.9. The predicted molar refractivity (Wildman–Crippen MR) is 141 cm³/mol. The summed E-state index contributed by atoms with van der Waals surface area (Å²) < 4.78 is 13.2. The highest BCUT2D eigenvalue weighted by molar-refractivity contribution is 14.0. The van der Waals surface area contributed by atoms with Crippen molar-refractivity contribution in [1.82, 2.24) is 14.9 Å². The van der Waals surface area contributed by atoms with Crippen LogP contribution in [0.2, 0.25) is 0 Å². The number of aromatic nitrogens is 2. The molecule has 0 unspecified atom stereocenters. The molecule has 1 aromatic heterocycles. The molecule has 172 valence electrons. The fourth-order valence-electron chi connectivity index (χ4n) is 3.23. The lowest BCUT2D eigenvalue weighted by Crippen LogP contribution is -2.31. The molecule has 0 fully saturated rings. The number of imidazole rings is 1. The first-order valence-electron chi connectivity index (χ1n) is 10.6. The summed E-state index contributed by atoms with van der Waals surface area (Å²) in [4.78, 5) is 9.23. The summed E-state index contributed by atoms with van der Waals surface area (Å²) in [5.74, 6) is 3.15. The Morgan fingerprint density at radius 1 is 1.09 bits per heavy atom. The van der Waals surface area contributed by atoms with Crippen molar-refractivity contribution in [2.45, 2.75) is 26.8 Å². The number of aliphatic imine (C=N–C) groups is 1. The fraction of sp³-hybridized carbons (Fsp3) is 0.333. The summed E-state index contributed by atoms with van der Waals surface area (Å²) >= 11 is 0. The molecule has 1 heterocycles. The van der Waals surface area contributed by atoms with E-state index >= 15 is 0 Å². The van der Waals surface area contributed by atoms with Gasteiger partial charge in [-0.2, -0.15) is 0 Å². The van der Waals surface area contributed by atoms with Crippen LogP contribution >= 0.6 is 24.0 Å². The molecular formula is C24H32IN5O2. The van der Waals surface area contributed by atoms with Crippen LogP contribution in [0.1, 0.15) is 25.2 Å². The lowest BCUT2D eigenvalue weighted by Gasteiger charge is -2.14. The SMILES string of the molecule is CCNC(=NCCc1nccn1Cc1ccccc1)Nc1ccc(OC)c(OCC)c1.I. The number of methoxy groups -OCH3 is 1. The number of ether oxygens (including phenoxy) is 2. The molecule has 8 heteroatoms. The molecule has 0 aliphatic carbocycles. The molecule has 32 heavy (non-hydrogen) atoms. The van der Waals surface area contributed by atoms with E-state index in [4.69, 9.17) is 14.5 Å². The van der Waals surface area contributed by atoms with E-state index in [0.29, 0.717) is 24.7 Å². The quantitative estimate of drug-likeness (QED) is 0.220. The van der Waals surface area contributed by atoms with Crippen molar-refractivity contribution in [3.8, 4) is 11.5 Å². The molecule has 0 saturated heterocycles. The van der Waals surface area contributed by atoms with Crippen LogP contribution in [0.5, 0.6) is 11.5 Å². The molecule has 2 N–H and O–H groups in total. The van der Waals surface area contributed by atoms with E-state index in [9.17, 15) is 0 Å². The van der Waals surface area contributed by atoms with E-state index in [0.717, 1.165) is 37.0 Å². The van der Waals surface area contributed by atoms with E-state index < -0.39 is 0 Å². The molecule has 3 rings (SSSR count). The maximum absolute atomic E-state index is 5.67. The van der Waals surface area contributed by atoms with E-state index in [-0.39, 0.29) is 24.0 Å². The van der Waals surface area contributed by atoms with Gasteiger partial charge >= 0.3 is 0 Å². The molecule has 0 saturated carbocycles. The Kier molecular flexibility index (Phi) is 10.9. The summed E-state index contributed by atoms with van der Waals surface area (Å²) in [5.41, 5.74) is 2.14. The third-order valence-corrected chi connectivity index (χ3v) is 4.67. The summed E-state index contributed by atoms with van der Waals surface area (Å²) in [6.45, 7) is 6.77. The minimum atomic E-state index is 0. The molecule has 0 bridgehead atoms. The van der Waals surface area contributed by atoms with Crippen LogP contribution in [0.25, 0.3) is 0 Å². The number of rotatable bonds is 10. The van der Waals surface area contributed by atoms with Crippen LogP contribution < -0.4 is 20.1 Å². The number of anilines is 1. The van der Waals surface area contributed by atoms with Crippen molar-refractivity contribution in [2.24, 2.45) is 4.99 Å². The molecular weight excluding hydrogens is 517 g/mol. The van der Waals surface area contributed by atoms with Crippen LogP contribution in [-0.4, -0.2) is 42.3 Å². The number of hydrogen-bond acceptors (Lipinski definition) is 4. The molecule has 0 aliphatic heterocycles. The van der Waals surface area contributed by atoms with Gasteiger partial charge in [0.15, 0.2) is 17.5 Å². The van der Waals surface area contributed by atoms with Gasteiger partial charge in [-0.3, -0.25) is 4.99 Å². The molecule has 0 aliphatic rings. The average molecular weight is 549 g/mol. The number of hydrogen-bond donors (Lipinski definition) is 2. The van der Waals surface area contributed by atoms with Gasteiger partial charge in [-0.05, 0) is 31.5 Å². The van der Waals surface area contributed by atoms with Crippen molar-refractivity contribution < 1.29 is 9.47 Å². The molecule has 0 atom stereocenters. The Morgan fingerprint density at radius 3 is 2.62 bits per heavy atom. The van der Waals surface area contributed by atoms with E-state index in [1.54, 1.807) is 7.11 Å². The van der Waals surface area contributed by atoms with Crippen LogP contribution in [0.4, 0.5) is 5.69 Å². The Balaban J connectivity index is 0.00000363. The summed E-state index contributed by atoms with van der Waals surface area (Å²) in [6.07, 6.45) is 4.61. The van der Waals surface area contributed by atoms with E-state index in [1.807, 2.05) is 50.5 Å². The normalized spacial score (nSPS) is 10.9. The minimum Gasteiger partial charge on any atom is -0.493 e. The Bertz CT molecular complexity index is 976. The van der Waals surface area contributed by atoms with Gasteiger partial charge in [0.2, 0.25) is 0 Å². The first-order valence-corrected chi connectivity index (χ1v) is 10.6. The third kappa shape index (κ3) is 7.44. The second-order valence-corrected chi connectivity index (χ2v) is 6.89. The monoisotopic (exact) mass is 549 g/mol. The summed E-state index contributed by atoms with van der Waals surface area (Å²) in [6, 6.07) is 16.1. The second-order valence-electron chi connectivity index (χ2n) is 6.89. The molecule has 0 amide bonds. The topological polar surface area (TPSA) is 72.7 Å². The maximum Gasteiger partial charge on any atom is 0.195 e. The van der Waals surface area contributed by atoms with Gasteiger partial charge in [-0.1, -0.05) is 30.3 Å². The maximum atomic E-state index is 5.67. The number of nitrogens with zero attached hydrogens (tertiary/aromatic N) is 3. The number of halogens is 1. The molecule has 7 nitrogen and oxygen atoms in total. The van der Waals surface area contributed by atoms with Crippen molar-refractivity contribution in [3.63, 3.8) is 0 Å². The van der Waals surface area contributed by atoms with Crippen LogP contribution in [0.15, 0.2) is 65.9 Å². The first-order chi connectivity index (χ1) is 15.2. The summed E-state index contributed by atoms with van der Waals surface area (Å²) in [7, 11) is 1.64. The van der Waals surface area contributed by atoms with Crippen molar-refractivity contribution in [3.05, 3.63) is 72.3 Å². The number of benzene rings is 2. The highest BCUT2D eigenvalue weighted by Crippen LogP contribution is 2.30. The van der Waals surface area contributed by atoms with Gasteiger partial charge in [-0.15, -0.1) is 24.0 Å². The van der Waals surface area contributed by atoms with Crippen LogP contribution in [0, 0.1) is 0 Å². The zero-order valence-electron chi connectivity index (χ0n) is 18.9. The van der Waals surface area contributed by atoms with Gasteiger partial charge in [0.05, 0.1) is 13.7 Å². The van der Waals surface area contributed by atoms with Gasteiger partial charge in [0.1, 0.15) is 5.82 Å². The van der Waals surface area contributed by atoms with Gasteiger partial charge in [0, 0.05) is 50.2 Å². The fourth-order valence-corrected chi connectivity index (χ4v) is 3.23. The molecule has 3 aromatic rings.